The number of anilines is 1. The second-order valence-corrected chi connectivity index (χ2v) is 5.21. The van der Waals surface area contributed by atoms with Crippen molar-refractivity contribution in [1.82, 2.24) is 0 Å². The fourth-order valence-corrected chi connectivity index (χ4v) is 2.40. The van der Waals surface area contributed by atoms with E-state index in [1.165, 1.54) is 5.56 Å². The van der Waals surface area contributed by atoms with Crippen LogP contribution in [0.15, 0.2) is 24.3 Å². The van der Waals surface area contributed by atoms with Gasteiger partial charge in [0, 0.05) is 18.9 Å². The van der Waals surface area contributed by atoms with E-state index < -0.39 is 5.41 Å². The van der Waals surface area contributed by atoms with Crippen LogP contribution in [0.1, 0.15) is 31.7 Å². The maximum Gasteiger partial charge on any atom is 0.245 e. The molecular formula is C16H20N2O2. The standard InChI is InChI=1S/C16H20N2O2/c1-2-3-13-4-6-14(7-5-13)18-15(19)16(12-17)8-10-20-11-9-16/h4-7H,2-3,8-11H2,1H3,(H,18,19). The highest BCUT2D eigenvalue weighted by atomic mass is 16.5. The molecule has 0 aromatic heterocycles. The van der Waals surface area contributed by atoms with E-state index in [0.717, 1.165) is 18.5 Å². The molecule has 0 saturated carbocycles. The van der Waals surface area contributed by atoms with Crippen LogP contribution in [0.25, 0.3) is 0 Å². The van der Waals surface area contributed by atoms with Gasteiger partial charge >= 0.3 is 0 Å². The zero-order chi connectivity index (χ0) is 14.4. The molecule has 106 valence electrons. The number of ether oxygens (including phenoxy) is 1. The lowest BCUT2D eigenvalue weighted by atomic mass is 9.81. The van der Waals surface area contributed by atoms with Crippen molar-refractivity contribution in [3.63, 3.8) is 0 Å². The molecular weight excluding hydrogens is 252 g/mol. The van der Waals surface area contributed by atoms with Crippen LogP contribution in [0.2, 0.25) is 0 Å². The number of nitriles is 1. The summed E-state index contributed by atoms with van der Waals surface area (Å²) in [5.41, 5.74) is 1.06. The Morgan fingerprint density at radius 3 is 2.55 bits per heavy atom. The van der Waals surface area contributed by atoms with E-state index in [9.17, 15) is 10.1 Å². The van der Waals surface area contributed by atoms with Gasteiger partial charge in [0.2, 0.25) is 5.91 Å². The van der Waals surface area contributed by atoms with Crippen LogP contribution in [-0.4, -0.2) is 19.1 Å². The van der Waals surface area contributed by atoms with Gasteiger partial charge in [-0.2, -0.15) is 5.26 Å². The number of nitrogens with one attached hydrogen (secondary N) is 1. The Hall–Kier alpha value is -1.86. The first-order chi connectivity index (χ1) is 9.70. The molecule has 0 unspecified atom stereocenters. The molecule has 1 fully saturated rings. The summed E-state index contributed by atoms with van der Waals surface area (Å²) in [6.07, 6.45) is 3.06. The van der Waals surface area contributed by atoms with Gasteiger partial charge < -0.3 is 10.1 Å². The molecule has 1 saturated heterocycles. The van der Waals surface area contributed by atoms with Crippen molar-refractivity contribution in [2.24, 2.45) is 5.41 Å². The van der Waals surface area contributed by atoms with Gasteiger partial charge in [-0.1, -0.05) is 25.5 Å². The molecule has 1 aromatic rings. The van der Waals surface area contributed by atoms with Gasteiger partial charge in [0.25, 0.3) is 0 Å². The molecule has 1 aliphatic heterocycles. The zero-order valence-electron chi connectivity index (χ0n) is 11.8. The molecule has 0 bridgehead atoms. The largest absolute Gasteiger partial charge is 0.381 e. The van der Waals surface area contributed by atoms with Gasteiger partial charge in [0.05, 0.1) is 6.07 Å². The lowest BCUT2D eigenvalue weighted by molar-refractivity contribution is -0.126. The van der Waals surface area contributed by atoms with E-state index in [2.05, 4.69) is 18.3 Å². The van der Waals surface area contributed by atoms with Crippen LogP contribution in [0.5, 0.6) is 0 Å². The predicted octanol–water partition coefficient (Wildman–Crippen LogP) is 2.90. The highest BCUT2D eigenvalue weighted by molar-refractivity contribution is 5.97. The number of carbonyl (C=O) groups is 1. The van der Waals surface area contributed by atoms with Gasteiger partial charge in [-0.3, -0.25) is 4.79 Å². The summed E-state index contributed by atoms with van der Waals surface area (Å²) < 4.78 is 5.24. The number of carbonyl (C=O) groups excluding carboxylic acids is 1. The molecule has 4 nitrogen and oxygen atoms in total. The van der Waals surface area contributed by atoms with E-state index >= 15 is 0 Å². The van der Waals surface area contributed by atoms with Crippen molar-refractivity contribution in [3.05, 3.63) is 29.8 Å². The molecule has 1 N–H and O–H groups in total. The minimum Gasteiger partial charge on any atom is -0.381 e. The van der Waals surface area contributed by atoms with E-state index in [1.54, 1.807) is 0 Å². The number of nitrogens with zero attached hydrogens (tertiary/aromatic N) is 1. The van der Waals surface area contributed by atoms with Gasteiger partial charge in [-0.25, -0.2) is 0 Å². The lowest BCUT2D eigenvalue weighted by Crippen LogP contribution is -2.39. The highest BCUT2D eigenvalue weighted by Crippen LogP contribution is 2.31. The van der Waals surface area contributed by atoms with E-state index in [-0.39, 0.29) is 5.91 Å². The van der Waals surface area contributed by atoms with E-state index in [0.29, 0.717) is 26.1 Å². The van der Waals surface area contributed by atoms with Crippen LogP contribution in [0.4, 0.5) is 5.69 Å². The molecule has 4 heteroatoms. The zero-order valence-corrected chi connectivity index (χ0v) is 11.8. The number of benzene rings is 1. The van der Waals surface area contributed by atoms with Gasteiger partial charge in [-0.05, 0) is 37.0 Å². The summed E-state index contributed by atoms with van der Waals surface area (Å²) in [6.45, 7) is 3.07. The Balaban J connectivity index is 2.05. The van der Waals surface area contributed by atoms with Crippen molar-refractivity contribution in [1.29, 1.82) is 5.26 Å². The lowest BCUT2D eigenvalue weighted by Gasteiger charge is -2.29. The third-order valence-corrected chi connectivity index (χ3v) is 3.75. The second-order valence-electron chi connectivity index (χ2n) is 5.21. The summed E-state index contributed by atoms with van der Waals surface area (Å²) in [5, 5.41) is 12.2. The van der Waals surface area contributed by atoms with Crippen molar-refractivity contribution >= 4 is 11.6 Å². The minimum atomic E-state index is -0.944. The molecule has 0 spiro atoms. The van der Waals surface area contributed by atoms with Crippen LogP contribution >= 0.6 is 0 Å². The number of rotatable bonds is 4. The van der Waals surface area contributed by atoms with E-state index in [1.807, 2.05) is 24.3 Å². The smallest absolute Gasteiger partial charge is 0.245 e. The van der Waals surface area contributed by atoms with Crippen molar-refractivity contribution < 1.29 is 9.53 Å². The molecule has 0 atom stereocenters. The Bertz CT molecular complexity index is 496. The Morgan fingerprint density at radius 1 is 1.35 bits per heavy atom. The molecule has 1 heterocycles. The Morgan fingerprint density at radius 2 is 2.00 bits per heavy atom. The molecule has 1 amide bonds. The van der Waals surface area contributed by atoms with E-state index in [4.69, 9.17) is 4.74 Å². The quantitative estimate of drug-likeness (QED) is 0.916. The number of hydrogen-bond donors (Lipinski definition) is 1. The molecule has 1 aliphatic rings. The van der Waals surface area contributed by atoms with Gasteiger partial charge in [0.15, 0.2) is 0 Å². The third-order valence-electron chi connectivity index (χ3n) is 3.75. The number of aryl methyl sites for hydroxylation is 1. The minimum absolute atomic E-state index is 0.216. The van der Waals surface area contributed by atoms with Crippen molar-refractivity contribution in [2.75, 3.05) is 18.5 Å². The number of hydrogen-bond acceptors (Lipinski definition) is 3. The predicted molar refractivity (Wildman–Crippen MR) is 77.2 cm³/mol. The maximum atomic E-state index is 12.3. The monoisotopic (exact) mass is 272 g/mol. The second kappa shape index (κ2) is 6.53. The van der Waals surface area contributed by atoms with Crippen molar-refractivity contribution in [3.8, 4) is 6.07 Å². The van der Waals surface area contributed by atoms with Crippen LogP contribution in [-0.2, 0) is 16.0 Å². The van der Waals surface area contributed by atoms with Gasteiger partial charge in [0.1, 0.15) is 5.41 Å². The maximum absolute atomic E-state index is 12.3. The Labute approximate surface area is 119 Å². The van der Waals surface area contributed by atoms with Crippen LogP contribution < -0.4 is 5.32 Å². The average Bonchev–Trinajstić information content (AvgIpc) is 2.50. The van der Waals surface area contributed by atoms with Crippen LogP contribution in [0, 0.1) is 16.7 Å². The Kier molecular flexibility index (Phi) is 4.75. The third kappa shape index (κ3) is 3.17. The first kappa shape index (κ1) is 14.5. The van der Waals surface area contributed by atoms with Crippen LogP contribution in [0.3, 0.4) is 0 Å². The molecule has 2 rings (SSSR count). The summed E-state index contributed by atoms with van der Waals surface area (Å²) in [5.74, 6) is -0.216. The summed E-state index contributed by atoms with van der Waals surface area (Å²) in [7, 11) is 0. The summed E-state index contributed by atoms with van der Waals surface area (Å²) in [6, 6.07) is 10.0. The first-order valence-electron chi connectivity index (χ1n) is 7.09. The fourth-order valence-electron chi connectivity index (χ4n) is 2.40. The van der Waals surface area contributed by atoms with Crippen molar-refractivity contribution in [2.45, 2.75) is 32.6 Å². The average molecular weight is 272 g/mol. The SMILES string of the molecule is CCCc1ccc(NC(=O)C2(C#N)CCOCC2)cc1. The first-order valence-corrected chi connectivity index (χ1v) is 7.09. The molecule has 0 radical (unpaired) electrons. The molecule has 20 heavy (non-hydrogen) atoms. The normalized spacial score (nSPS) is 17.2. The topological polar surface area (TPSA) is 62.1 Å². The molecule has 1 aromatic carbocycles. The summed E-state index contributed by atoms with van der Waals surface area (Å²) in [4.78, 5) is 12.3. The highest BCUT2D eigenvalue weighted by Gasteiger charge is 2.40. The molecule has 0 aliphatic carbocycles. The summed E-state index contributed by atoms with van der Waals surface area (Å²) >= 11 is 0. The van der Waals surface area contributed by atoms with Gasteiger partial charge in [-0.15, -0.1) is 0 Å². The number of amides is 1. The fraction of sp³-hybridized carbons (Fsp3) is 0.500.